The molecule has 76 valence electrons. The standard InChI is InChI=1S/C11H21NO/c1-8(13)4-5-12-11-7-9-2-3-10(11)6-9/h8-13H,2-7H2,1H3/t8-,9-,10-,11-/m0/s1. The van der Waals surface area contributed by atoms with E-state index in [-0.39, 0.29) is 6.10 Å². The van der Waals surface area contributed by atoms with Crippen LogP contribution < -0.4 is 5.32 Å². The first-order valence-corrected chi connectivity index (χ1v) is 5.67. The van der Waals surface area contributed by atoms with Gasteiger partial charge in [-0.2, -0.15) is 0 Å². The lowest BCUT2D eigenvalue weighted by Gasteiger charge is -2.23. The molecule has 0 aromatic rings. The van der Waals surface area contributed by atoms with Gasteiger partial charge in [-0.1, -0.05) is 6.42 Å². The van der Waals surface area contributed by atoms with E-state index in [1.807, 2.05) is 6.92 Å². The van der Waals surface area contributed by atoms with Crippen LogP contribution >= 0.6 is 0 Å². The maximum absolute atomic E-state index is 9.12. The van der Waals surface area contributed by atoms with Crippen molar-refractivity contribution in [2.45, 2.75) is 51.2 Å². The van der Waals surface area contributed by atoms with Gasteiger partial charge in [0.15, 0.2) is 0 Å². The van der Waals surface area contributed by atoms with E-state index >= 15 is 0 Å². The van der Waals surface area contributed by atoms with E-state index in [2.05, 4.69) is 5.32 Å². The normalized spacial score (nSPS) is 39.7. The molecule has 0 spiro atoms. The van der Waals surface area contributed by atoms with E-state index in [1.54, 1.807) is 0 Å². The lowest BCUT2D eigenvalue weighted by molar-refractivity contribution is 0.180. The molecule has 0 unspecified atom stereocenters. The summed E-state index contributed by atoms with van der Waals surface area (Å²) >= 11 is 0. The number of fused-ring (bicyclic) bond motifs is 2. The van der Waals surface area contributed by atoms with Crippen molar-refractivity contribution in [2.24, 2.45) is 11.8 Å². The van der Waals surface area contributed by atoms with Crippen molar-refractivity contribution in [3.05, 3.63) is 0 Å². The number of nitrogens with one attached hydrogen (secondary N) is 1. The molecule has 2 aliphatic carbocycles. The van der Waals surface area contributed by atoms with Crippen molar-refractivity contribution in [2.75, 3.05) is 6.54 Å². The molecule has 0 aromatic heterocycles. The highest BCUT2D eigenvalue weighted by Crippen LogP contribution is 2.44. The molecule has 2 bridgehead atoms. The SMILES string of the molecule is C[C@H](O)CCN[C@H]1C[C@H]2CC[C@H]1C2. The van der Waals surface area contributed by atoms with Crippen molar-refractivity contribution in [3.8, 4) is 0 Å². The minimum atomic E-state index is -0.147. The minimum Gasteiger partial charge on any atom is -0.393 e. The van der Waals surface area contributed by atoms with Gasteiger partial charge in [0.2, 0.25) is 0 Å². The molecule has 0 saturated heterocycles. The highest BCUT2D eigenvalue weighted by molar-refractivity contribution is 4.93. The molecule has 4 atom stereocenters. The monoisotopic (exact) mass is 183 g/mol. The van der Waals surface area contributed by atoms with Gasteiger partial charge in [-0.3, -0.25) is 0 Å². The third-order valence-electron chi connectivity index (χ3n) is 3.71. The minimum absolute atomic E-state index is 0.147. The molecule has 0 radical (unpaired) electrons. The maximum Gasteiger partial charge on any atom is 0.0524 e. The lowest BCUT2D eigenvalue weighted by atomic mass is 9.95. The Balaban J connectivity index is 1.66. The van der Waals surface area contributed by atoms with E-state index < -0.39 is 0 Å². The van der Waals surface area contributed by atoms with Crippen LogP contribution in [-0.4, -0.2) is 23.8 Å². The quantitative estimate of drug-likeness (QED) is 0.693. The van der Waals surface area contributed by atoms with Crippen molar-refractivity contribution < 1.29 is 5.11 Å². The van der Waals surface area contributed by atoms with E-state index in [1.165, 1.54) is 25.7 Å². The predicted octanol–water partition coefficient (Wildman–Crippen LogP) is 1.54. The molecule has 2 saturated carbocycles. The topological polar surface area (TPSA) is 32.3 Å². The second kappa shape index (κ2) is 3.97. The third-order valence-corrected chi connectivity index (χ3v) is 3.71. The van der Waals surface area contributed by atoms with Gasteiger partial charge < -0.3 is 10.4 Å². The molecule has 13 heavy (non-hydrogen) atoms. The smallest absolute Gasteiger partial charge is 0.0524 e. The number of aliphatic hydroxyl groups excluding tert-OH is 1. The van der Waals surface area contributed by atoms with Crippen LogP contribution in [0.4, 0.5) is 0 Å². The van der Waals surface area contributed by atoms with Crippen molar-refractivity contribution >= 4 is 0 Å². The molecule has 2 heteroatoms. The summed E-state index contributed by atoms with van der Waals surface area (Å²) in [5, 5.41) is 12.7. The summed E-state index contributed by atoms with van der Waals surface area (Å²) in [6.07, 6.45) is 6.52. The summed E-state index contributed by atoms with van der Waals surface area (Å²) in [5.74, 6) is 1.98. The molecule has 2 N–H and O–H groups in total. The fourth-order valence-corrected chi connectivity index (χ4v) is 2.97. The van der Waals surface area contributed by atoms with Gasteiger partial charge >= 0.3 is 0 Å². The van der Waals surface area contributed by atoms with Crippen molar-refractivity contribution in [1.82, 2.24) is 5.32 Å². The zero-order valence-electron chi connectivity index (χ0n) is 8.50. The Labute approximate surface area is 80.7 Å². The molecule has 0 amide bonds. The first-order valence-electron chi connectivity index (χ1n) is 5.67. The van der Waals surface area contributed by atoms with Crippen LogP contribution in [0.15, 0.2) is 0 Å². The Hall–Kier alpha value is -0.0800. The van der Waals surface area contributed by atoms with E-state index in [9.17, 15) is 0 Å². The molecule has 0 aromatic carbocycles. The molecular weight excluding hydrogens is 162 g/mol. The highest BCUT2D eigenvalue weighted by atomic mass is 16.3. The molecule has 0 aliphatic heterocycles. The van der Waals surface area contributed by atoms with E-state index in [0.29, 0.717) is 0 Å². The molecule has 2 rings (SSSR count). The van der Waals surface area contributed by atoms with E-state index in [0.717, 1.165) is 30.8 Å². The van der Waals surface area contributed by atoms with Crippen LogP contribution in [0.2, 0.25) is 0 Å². The van der Waals surface area contributed by atoms with Gasteiger partial charge in [0.1, 0.15) is 0 Å². The lowest BCUT2D eigenvalue weighted by Crippen LogP contribution is -2.35. The zero-order valence-corrected chi connectivity index (χ0v) is 8.50. The van der Waals surface area contributed by atoms with Gasteiger partial charge in [0, 0.05) is 6.04 Å². The van der Waals surface area contributed by atoms with Crippen LogP contribution in [0.1, 0.15) is 39.0 Å². The van der Waals surface area contributed by atoms with Gasteiger partial charge in [0.25, 0.3) is 0 Å². The molecule has 0 heterocycles. The van der Waals surface area contributed by atoms with Crippen molar-refractivity contribution in [3.63, 3.8) is 0 Å². The first kappa shape index (κ1) is 9.47. The molecule has 2 nitrogen and oxygen atoms in total. The van der Waals surface area contributed by atoms with Gasteiger partial charge in [-0.15, -0.1) is 0 Å². The van der Waals surface area contributed by atoms with Crippen molar-refractivity contribution in [1.29, 1.82) is 0 Å². The van der Waals surface area contributed by atoms with Crippen LogP contribution in [-0.2, 0) is 0 Å². The summed E-state index contributed by atoms with van der Waals surface area (Å²) in [4.78, 5) is 0. The Kier molecular flexibility index (Phi) is 2.89. The molecule has 2 fully saturated rings. The highest BCUT2D eigenvalue weighted by Gasteiger charge is 2.38. The Morgan fingerprint density at radius 1 is 1.38 bits per heavy atom. The third kappa shape index (κ3) is 2.23. The average molecular weight is 183 g/mol. The number of hydrogen-bond acceptors (Lipinski definition) is 2. The molecular formula is C11H21NO. The Morgan fingerprint density at radius 2 is 2.23 bits per heavy atom. The summed E-state index contributed by atoms with van der Waals surface area (Å²) in [6.45, 7) is 2.86. The predicted molar refractivity (Wildman–Crippen MR) is 53.5 cm³/mol. The maximum atomic E-state index is 9.12. The summed E-state index contributed by atoms with van der Waals surface area (Å²) in [6, 6.07) is 0.775. The second-order valence-electron chi connectivity index (χ2n) is 4.87. The second-order valence-corrected chi connectivity index (χ2v) is 4.87. The summed E-state index contributed by atoms with van der Waals surface area (Å²) in [5.41, 5.74) is 0. The van der Waals surface area contributed by atoms with Crippen LogP contribution in [0.3, 0.4) is 0 Å². The van der Waals surface area contributed by atoms with Gasteiger partial charge in [-0.25, -0.2) is 0 Å². The van der Waals surface area contributed by atoms with Gasteiger partial charge in [0.05, 0.1) is 6.10 Å². The number of rotatable bonds is 4. The summed E-state index contributed by atoms with van der Waals surface area (Å²) in [7, 11) is 0. The Bertz CT molecular complexity index is 169. The first-order chi connectivity index (χ1) is 6.25. The number of hydrogen-bond donors (Lipinski definition) is 2. The average Bonchev–Trinajstić information content (AvgIpc) is 2.64. The van der Waals surface area contributed by atoms with E-state index in [4.69, 9.17) is 5.11 Å². The van der Waals surface area contributed by atoms with Crippen LogP contribution in [0.5, 0.6) is 0 Å². The number of aliphatic hydroxyl groups is 1. The fraction of sp³-hybridized carbons (Fsp3) is 1.00. The van der Waals surface area contributed by atoms with Crippen LogP contribution in [0.25, 0.3) is 0 Å². The Morgan fingerprint density at radius 3 is 2.77 bits per heavy atom. The fourth-order valence-electron chi connectivity index (χ4n) is 2.97. The van der Waals surface area contributed by atoms with Crippen LogP contribution in [0, 0.1) is 11.8 Å². The summed E-state index contributed by atoms with van der Waals surface area (Å²) < 4.78 is 0. The zero-order chi connectivity index (χ0) is 9.26. The largest absolute Gasteiger partial charge is 0.393 e. The van der Waals surface area contributed by atoms with Gasteiger partial charge in [-0.05, 0) is 51.0 Å². The molecule has 2 aliphatic rings.